The number of aromatic nitrogens is 2. The van der Waals surface area contributed by atoms with E-state index in [1.807, 2.05) is 40.7 Å². The van der Waals surface area contributed by atoms with Crippen molar-refractivity contribution in [3.63, 3.8) is 0 Å². The van der Waals surface area contributed by atoms with E-state index in [4.69, 9.17) is 0 Å². The molecule has 0 bridgehead atoms. The molecule has 4 nitrogen and oxygen atoms in total. The van der Waals surface area contributed by atoms with Crippen LogP contribution in [0.2, 0.25) is 0 Å². The van der Waals surface area contributed by atoms with Gasteiger partial charge in [-0.2, -0.15) is 0 Å². The molecule has 1 heterocycles. The second kappa shape index (κ2) is 6.56. The first-order valence-corrected chi connectivity index (χ1v) is 8.70. The number of aromatic amines is 1. The lowest BCUT2D eigenvalue weighted by molar-refractivity contribution is -0.117. The normalized spacial score (nSPS) is 11.8. The van der Waals surface area contributed by atoms with Crippen LogP contribution in [-0.2, 0) is 4.79 Å². The molecule has 2 N–H and O–H groups in total. The molecule has 0 aliphatic rings. The first kappa shape index (κ1) is 18.1. The van der Waals surface area contributed by atoms with Gasteiger partial charge in [-0.15, -0.1) is 0 Å². The lowest BCUT2D eigenvalue weighted by Gasteiger charge is -2.19. The van der Waals surface area contributed by atoms with Crippen molar-refractivity contribution >= 4 is 22.6 Å². The number of carbonyl (C=O) groups is 1. The van der Waals surface area contributed by atoms with Gasteiger partial charge < -0.3 is 10.3 Å². The number of nitrogens with zero attached hydrogens (tertiary/aromatic N) is 1. The number of benzene rings is 2. The van der Waals surface area contributed by atoms with Crippen LogP contribution in [-0.4, -0.2) is 15.9 Å². The predicted molar refractivity (Wildman–Crippen MR) is 104 cm³/mol. The zero-order chi connectivity index (χ0) is 19.1. The highest BCUT2D eigenvalue weighted by molar-refractivity contribution is 5.97. The fraction of sp³-hybridized carbons (Fsp3) is 0.333. The van der Waals surface area contributed by atoms with Crippen molar-refractivity contribution in [2.24, 2.45) is 5.41 Å². The summed E-state index contributed by atoms with van der Waals surface area (Å²) in [7, 11) is 0. The molecule has 0 atom stereocenters. The highest BCUT2D eigenvalue weighted by Gasteiger charge is 2.19. The second-order valence-corrected chi connectivity index (χ2v) is 7.97. The summed E-state index contributed by atoms with van der Waals surface area (Å²) in [6, 6.07) is 8.20. The van der Waals surface area contributed by atoms with Crippen LogP contribution in [0, 0.1) is 25.1 Å². The van der Waals surface area contributed by atoms with Crippen LogP contribution < -0.4 is 5.32 Å². The van der Waals surface area contributed by atoms with Gasteiger partial charge in [-0.1, -0.05) is 20.8 Å². The van der Waals surface area contributed by atoms with E-state index in [0.29, 0.717) is 12.2 Å². The number of hydrogen-bond acceptors (Lipinski definition) is 2. The van der Waals surface area contributed by atoms with Gasteiger partial charge in [0.05, 0.1) is 11.0 Å². The van der Waals surface area contributed by atoms with E-state index < -0.39 is 0 Å². The quantitative estimate of drug-likeness (QED) is 0.666. The van der Waals surface area contributed by atoms with E-state index in [2.05, 4.69) is 15.3 Å². The standard InChI is InChI=1S/C21H24FN3O/c1-12-10-16-19(13(2)18(12)24-17(26)11-21(3,4)5)25-20(23-16)14-6-8-15(22)9-7-14/h6-10H,11H2,1-5H3,(H,23,25)(H,24,26). The highest BCUT2D eigenvalue weighted by atomic mass is 19.1. The van der Waals surface area contributed by atoms with Crippen molar-refractivity contribution in [1.82, 2.24) is 9.97 Å². The first-order valence-electron chi connectivity index (χ1n) is 8.70. The van der Waals surface area contributed by atoms with Gasteiger partial charge in [0.15, 0.2) is 0 Å². The molecule has 5 heteroatoms. The molecule has 0 spiro atoms. The molecule has 0 saturated heterocycles. The van der Waals surface area contributed by atoms with Gasteiger partial charge in [-0.3, -0.25) is 4.79 Å². The van der Waals surface area contributed by atoms with Crippen LogP contribution in [0.25, 0.3) is 22.4 Å². The topological polar surface area (TPSA) is 57.8 Å². The molecule has 0 aliphatic heterocycles. The van der Waals surface area contributed by atoms with Crippen LogP contribution >= 0.6 is 0 Å². The minimum Gasteiger partial charge on any atom is -0.338 e. The Kier molecular flexibility index (Phi) is 4.57. The van der Waals surface area contributed by atoms with Crippen LogP contribution in [0.1, 0.15) is 38.3 Å². The molecule has 3 rings (SSSR count). The summed E-state index contributed by atoms with van der Waals surface area (Å²) in [5, 5.41) is 3.04. The van der Waals surface area contributed by atoms with Gasteiger partial charge in [0, 0.05) is 23.2 Å². The minimum absolute atomic E-state index is 0.00246. The molecule has 0 saturated carbocycles. The van der Waals surface area contributed by atoms with Gasteiger partial charge >= 0.3 is 0 Å². The molecule has 3 aromatic rings. The Morgan fingerprint density at radius 1 is 1.19 bits per heavy atom. The molecule has 26 heavy (non-hydrogen) atoms. The van der Waals surface area contributed by atoms with Gasteiger partial charge in [-0.25, -0.2) is 9.37 Å². The Hall–Kier alpha value is -2.69. The van der Waals surface area contributed by atoms with Crippen LogP contribution in [0.4, 0.5) is 10.1 Å². The van der Waals surface area contributed by atoms with Gasteiger partial charge in [0.2, 0.25) is 5.91 Å². The molecule has 1 amide bonds. The number of fused-ring (bicyclic) bond motifs is 1. The van der Waals surface area contributed by atoms with Crippen LogP contribution in [0.5, 0.6) is 0 Å². The van der Waals surface area contributed by atoms with Crippen LogP contribution in [0.15, 0.2) is 30.3 Å². The Labute approximate surface area is 152 Å². The first-order chi connectivity index (χ1) is 12.1. The Morgan fingerprint density at radius 3 is 2.46 bits per heavy atom. The number of amides is 1. The van der Waals surface area contributed by atoms with Crippen LogP contribution in [0.3, 0.4) is 0 Å². The summed E-state index contributed by atoms with van der Waals surface area (Å²) in [4.78, 5) is 20.3. The maximum atomic E-state index is 13.1. The SMILES string of the molecule is Cc1cc2[nH]c(-c3ccc(F)cc3)nc2c(C)c1NC(=O)CC(C)(C)C. The number of aryl methyl sites for hydroxylation is 2. The fourth-order valence-corrected chi connectivity index (χ4v) is 3.08. The third-order valence-electron chi connectivity index (χ3n) is 4.29. The van der Waals surface area contributed by atoms with E-state index in [1.165, 1.54) is 12.1 Å². The Balaban J connectivity index is 1.99. The highest BCUT2D eigenvalue weighted by Crippen LogP contribution is 2.31. The molecule has 0 aliphatic carbocycles. The lowest BCUT2D eigenvalue weighted by atomic mass is 9.92. The number of hydrogen-bond donors (Lipinski definition) is 2. The smallest absolute Gasteiger partial charge is 0.224 e. The van der Waals surface area contributed by atoms with Crippen molar-refractivity contribution in [3.8, 4) is 11.4 Å². The molecule has 0 unspecified atom stereocenters. The summed E-state index contributed by atoms with van der Waals surface area (Å²) < 4.78 is 13.1. The number of carbonyl (C=O) groups excluding carboxylic acids is 1. The zero-order valence-corrected chi connectivity index (χ0v) is 15.8. The van der Waals surface area contributed by atoms with Crippen molar-refractivity contribution < 1.29 is 9.18 Å². The third-order valence-corrected chi connectivity index (χ3v) is 4.29. The van der Waals surface area contributed by atoms with Crippen molar-refractivity contribution in [2.45, 2.75) is 41.0 Å². The third kappa shape index (κ3) is 3.77. The lowest BCUT2D eigenvalue weighted by Crippen LogP contribution is -2.20. The summed E-state index contributed by atoms with van der Waals surface area (Å²) in [5.74, 6) is 0.402. The average molecular weight is 353 g/mol. The average Bonchev–Trinajstić information content (AvgIpc) is 2.94. The monoisotopic (exact) mass is 353 g/mol. The number of H-pyrrole nitrogens is 1. The van der Waals surface area contributed by atoms with Gasteiger partial charge in [0.1, 0.15) is 11.6 Å². The minimum atomic E-state index is -0.277. The Morgan fingerprint density at radius 2 is 1.85 bits per heavy atom. The van der Waals surface area contributed by atoms with E-state index in [1.54, 1.807) is 12.1 Å². The number of halogens is 1. The molecular formula is C21H24FN3O. The number of imidazole rings is 1. The van der Waals surface area contributed by atoms with E-state index in [9.17, 15) is 9.18 Å². The molecular weight excluding hydrogens is 329 g/mol. The van der Waals surface area contributed by atoms with E-state index >= 15 is 0 Å². The zero-order valence-electron chi connectivity index (χ0n) is 15.8. The number of anilines is 1. The molecule has 0 radical (unpaired) electrons. The van der Waals surface area contributed by atoms with Crippen molar-refractivity contribution in [3.05, 3.63) is 47.3 Å². The second-order valence-electron chi connectivity index (χ2n) is 7.97. The summed E-state index contributed by atoms with van der Waals surface area (Å²) in [6.07, 6.45) is 0.450. The molecule has 136 valence electrons. The molecule has 0 fully saturated rings. The van der Waals surface area contributed by atoms with Crippen molar-refractivity contribution in [2.75, 3.05) is 5.32 Å². The molecule has 2 aromatic carbocycles. The summed E-state index contributed by atoms with van der Waals surface area (Å²) in [6.45, 7) is 10.0. The summed E-state index contributed by atoms with van der Waals surface area (Å²) >= 11 is 0. The predicted octanol–water partition coefficient (Wildman–Crippen LogP) is 5.36. The maximum Gasteiger partial charge on any atom is 0.224 e. The van der Waals surface area contributed by atoms with E-state index in [-0.39, 0.29) is 17.1 Å². The summed E-state index contributed by atoms with van der Waals surface area (Å²) in [5.41, 5.74) is 5.16. The van der Waals surface area contributed by atoms with Gasteiger partial charge in [0.25, 0.3) is 0 Å². The maximum absolute atomic E-state index is 13.1. The number of nitrogens with one attached hydrogen (secondary N) is 2. The fourth-order valence-electron chi connectivity index (χ4n) is 3.08. The Bertz CT molecular complexity index is 966. The van der Waals surface area contributed by atoms with Crippen molar-refractivity contribution in [1.29, 1.82) is 0 Å². The largest absolute Gasteiger partial charge is 0.338 e. The van der Waals surface area contributed by atoms with E-state index in [0.717, 1.165) is 33.4 Å². The molecule has 1 aromatic heterocycles. The number of rotatable bonds is 3. The van der Waals surface area contributed by atoms with Gasteiger partial charge in [-0.05, 0) is 55.2 Å².